The van der Waals surface area contributed by atoms with Crippen molar-refractivity contribution in [3.05, 3.63) is 23.8 Å². The molecule has 1 aromatic carbocycles. The lowest BCUT2D eigenvalue weighted by Crippen LogP contribution is -2.44. The van der Waals surface area contributed by atoms with Gasteiger partial charge in [0.2, 0.25) is 5.91 Å². The zero-order valence-electron chi connectivity index (χ0n) is 17.3. The average Bonchev–Trinajstić information content (AvgIpc) is 2.70. The number of halogens is 1. The molecule has 2 rings (SSSR count). The standard InChI is InChI=1S/C20H32N4O3.HI/c1-15-7-5-6-12-24(15)19(25)10-11-22-20(21-2)23-14-16-8-9-17(26-3)13-18(16)27-4;/h8-9,13,15H,5-7,10-12,14H2,1-4H3,(H2,21,22,23);1H. The van der Waals surface area contributed by atoms with E-state index in [1.807, 2.05) is 23.1 Å². The largest absolute Gasteiger partial charge is 0.497 e. The highest BCUT2D eigenvalue weighted by Crippen LogP contribution is 2.24. The van der Waals surface area contributed by atoms with Crippen LogP contribution in [0.3, 0.4) is 0 Å². The Morgan fingerprint density at radius 3 is 2.68 bits per heavy atom. The van der Waals surface area contributed by atoms with Gasteiger partial charge < -0.3 is 25.0 Å². The molecule has 0 radical (unpaired) electrons. The van der Waals surface area contributed by atoms with Gasteiger partial charge in [0.15, 0.2) is 5.96 Å². The Balaban J connectivity index is 0.00000392. The average molecular weight is 504 g/mol. The summed E-state index contributed by atoms with van der Waals surface area (Å²) in [6.45, 7) is 4.13. The van der Waals surface area contributed by atoms with Crippen molar-refractivity contribution in [3.8, 4) is 11.5 Å². The Labute approximate surface area is 185 Å². The monoisotopic (exact) mass is 504 g/mol. The predicted octanol–water partition coefficient (Wildman–Crippen LogP) is 2.78. The van der Waals surface area contributed by atoms with Crippen molar-refractivity contribution in [3.63, 3.8) is 0 Å². The topological polar surface area (TPSA) is 75.2 Å². The number of aliphatic imine (C=N–C) groups is 1. The van der Waals surface area contributed by atoms with E-state index in [1.54, 1.807) is 21.3 Å². The summed E-state index contributed by atoms with van der Waals surface area (Å²) in [6, 6.07) is 6.06. The number of benzene rings is 1. The molecule has 0 spiro atoms. The third-order valence-corrected chi connectivity index (χ3v) is 4.92. The van der Waals surface area contributed by atoms with Gasteiger partial charge in [-0.2, -0.15) is 0 Å². The second-order valence-electron chi connectivity index (χ2n) is 6.71. The molecule has 8 heteroatoms. The SMILES string of the molecule is CN=C(NCCC(=O)N1CCCCC1C)NCc1ccc(OC)cc1OC.I. The van der Waals surface area contributed by atoms with Crippen LogP contribution in [0, 0.1) is 0 Å². The third-order valence-electron chi connectivity index (χ3n) is 4.92. The van der Waals surface area contributed by atoms with Crippen molar-refractivity contribution in [2.75, 3.05) is 34.4 Å². The molecule has 0 bridgehead atoms. The molecule has 28 heavy (non-hydrogen) atoms. The fraction of sp³-hybridized carbons (Fsp3) is 0.600. The summed E-state index contributed by atoms with van der Waals surface area (Å²) in [6.07, 6.45) is 3.90. The lowest BCUT2D eigenvalue weighted by molar-refractivity contribution is -0.134. The van der Waals surface area contributed by atoms with Gasteiger partial charge in [-0.05, 0) is 38.3 Å². The summed E-state index contributed by atoms with van der Waals surface area (Å²) in [4.78, 5) is 18.6. The Morgan fingerprint density at radius 1 is 1.25 bits per heavy atom. The highest BCUT2D eigenvalue weighted by molar-refractivity contribution is 14.0. The molecule has 0 aliphatic carbocycles. The van der Waals surface area contributed by atoms with Gasteiger partial charge in [-0.3, -0.25) is 9.79 Å². The zero-order chi connectivity index (χ0) is 19.6. The first kappa shape index (κ1) is 24.3. The summed E-state index contributed by atoms with van der Waals surface area (Å²) in [7, 11) is 4.98. The van der Waals surface area contributed by atoms with Crippen LogP contribution in [0.4, 0.5) is 0 Å². The van der Waals surface area contributed by atoms with Crippen molar-refractivity contribution < 1.29 is 14.3 Å². The van der Waals surface area contributed by atoms with E-state index in [4.69, 9.17) is 9.47 Å². The Morgan fingerprint density at radius 2 is 2.04 bits per heavy atom. The first-order valence-corrected chi connectivity index (χ1v) is 9.54. The Hall–Kier alpha value is -1.71. The van der Waals surface area contributed by atoms with Gasteiger partial charge in [0.25, 0.3) is 0 Å². The van der Waals surface area contributed by atoms with E-state index in [1.165, 1.54) is 6.42 Å². The number of nitrogens with one attached hydrogen (secondary N) is 2. The lowest BCUT2D eigenvalue weighted by Gasteiger charge is -2.33. The number of nitrogens with zero attached hydrogens (tertiary/aromatic N) is 2. The number of hydrogen-bond donors (Lipinski definition) is 2. The summed E-state index contributed by atoms with van der Waals surface area (Å²) in [5.74, 6) is 2.38. The van der Waals surface area contributed by atoms with Gasteiger partial charge in [0.05, 0.1) is 14.2 Å². The molecule has 7 nitrogen and oxygen atoms in total. The Bertz CT molecular complexity index is 654. The van der Waals surface area contributed by atoms with Crippen LogP contribution >= 0.6 is 24.0 Å². The van der Waals surface area contributed by atoms with Gasteiger partial charge >= 0.3 is 0 Å². The van der Waals surface area contributed by atoms with Crippen LogP contribution in [0.5, 0.6) is 11.5 Å². The van der Waals surface area contributed by atoms with Crippen LogP contribution in [0.25, 0.3) is 0 Å². The summed E-state index contributed by atoms with van der Waals surface area (Å²) in [5, 5.41) is 6.46. The van der Waals surface area contributed by atoms with Crippen LogP contribution in [-0.4, -0.2) is 57.2 Å². The number of ether oxygens (including phenoxy) is 2. The van der Waals surface area contributed by atoms with Crippen LogP contribution < -0.4 is 20.1 Å². The minimum atomic E-state index is 0. The predicted molar refractivity (Wildman–Crippen MR) is 123 cm³/mol. The molecule has 0 saturated carbocycles. The number of piperidine rings is 1. The molecule has 1 atom stereocenters. The van der Waals surface area contributed by atoms with Crippen molar-refractivity contribution in [1.82, 2.24) is 15.5 Å². The number of carbonyl (C=O) groups is 1. The molecule has 1 unspecified atom stereocenters. The molecule has 0 aromatic heterocycles. The van der Waals surface area contributed by atoms with Crippen LogP contribution in [0.15, 0.2) is 23.2 Å². The molecule has 1 fully saturated rings. The minimum Gasteiger partial charge on any atom is -0.497 e. The first-order chi connectivity index (χ1) is 13.1. The molecule has 1 aliphatic heterocycles. The number of amides is 1. The number of guanidine groups is 1. The molecule has 1 heterocycles. The van der Waals surface area contributed by atoms with Crippen LogP contribution in [0.1, 0.15) is 38.2 Å². The van der Waals surface area contributed by atoms with E-state index in [9.17, 15) is 4.79 Å². The van der Waals surface area contributed by atoms with Gasteiger partial charge in [-0.1, -0.05) is 0 Å². The fourth-order valence-corrected chi connectivity index (χ4v) is 3.30. The maximum atomic E-state index is 12.4. The maximum absolute atomic E-state index is 12.4. The van der Waals surface area contributed by atoms with Crippen molar-refractivity contribution in [1.29, 1.82) is 0 Å². The minimum absolute atomic E-state index is 0. The molecule has 158 valence electrons. The van der Waals surface area contributed by atoms with Crippen LogP contribution in [0.2, 0.25) is 0 Å². The molecular weight excluding hydrogens is 471 g/mol. The van der Waals surface area contributed by atoms with Gasteiger partial charge in [-0.25, -0.2) is 0 Å². The zero-order valence-corrected chi connectivity index (χ0v) is 19.6. The highest BCUT2D eigenvalue weighted by Gasteiger charge is 2.22. The van der Waals surface area contributed by atoms with E-state index in [0.29, 0.717) is 31.5 Å². The first-order valence-electron chi connectivity index (χ1n) is 9.54. The lowest BCUT2D eigenvalue weighted by atomic mass is 10.0. The number of rotatable bonds is 7. The van der Waals surface area contributed by atoms with Crippen molar-refractivity contribution >= 4 is 35.8 Å². The molecule has 1 aliphatic rings. The highest BCUT2D eigenvalue weighted by atomic mass is 127. The smallest absolute Gasteiger partial charge is 0.224 e. The van der Waals surface area contributed by atoms with Gasteiger partial charge in [-0.15, -0.1) is 24.0 Å². The summed E-state index contributed by atoms with van der Waals surface area (Å²) < 4.78 is 10.6. The third kappa shape index (κ3) is 7.03. The number of methoxy groups -OCH3 is 2. The quantitative estimate of drug-likeness (QED) is 0.340. The van der Waals surface area contributed by atoms with E-state index in [-0.39, 0.29) is 29.9 Å². The van der Waals surface area contributed by atoms with E-state index >= 15 is 0 Å². The molecule has 1 amide bonds. The summed E-state index contributed by atoms with van der Waals surface area (Å²) in [5.41, 5.74) is 1.000. The second-order valence-corrected chi connectivity index (χ2v) is 6.71. The summed E-state index contributed by atoms with van der Waals surface area (Å²) >= 11 is 0. The molecule has 1 aromatic rings. The van der Waals surface area contributed by atoms with Crippen LogP contribution in [-0.2, 0) is 11.3 Å². The maximum Gasteiger partial charge on any atom is 0.224 e. The molecule has 1 saturated heterocycles. The molecular formula is C20H33IN4O3. The van der Waals surface area contributed by atoms with Crippen molar-refractivity contribution in [2.24, 2.45) is 4.99 Å². The number of carbonyl (C=O) groups excluding carboxylic acids is 1. The fourth-order valence-electron chi connectivity index (χ4n) is 3.30. The Kier molecular flexibility index (Phi) is 11.0. The molecule has 2 N–H and O–H groups in total. The van der Waals surface area contributed by atoms with Gasteiger partial charge in [0.1, 0.15) is 11.5 Å². The van der Waals surface area contributed by atoms with Crippen molar-refractivity contribution in [2.45, 2.75) is 45.2 Å². The van der Waals surface area contributed by atoms with Gasteiger partial charge in [0, 0.05) is 50.8 Å². The normalized spacial score (nSPS) is 16.8. The van der Waals surface area contributed by atoms with E-state index in [2.05, 4.69) is 22.5 Å². The second kappa shape index (κ2) is 12.7. The number of likely N-dealkylation sites (tertiary alicyclic amines) is 1. The van der Waals surface area contributed by atoms with E-state index in [0.717, 1.165) is 36.4 Å². The van der Waals surface area contributed by atoms with E-state index < -0.39 is 0 Å². The number of hydrogen-bond acceptors (Lipinski definition) is 4.